The summed E-state index contributed by atoms with van der Waals surface area (Å²) in [7, 11) is 1.42. The van der Waals surface area contributed by atoms with Crippen molar-refractivity contribution >= 4 is 23.2 Å². The van der Waals surface area contributed by atoms with E-state index in [-0.39, 0.29) is 11.1 Å². The van der Waals surface area contributed by atoms with E-state index < -0.39 is 22.4 Å². The Hall–Kier alpha value is -3.22. The topological polar surface area (TPSA) is 101 Å². The van der Waals surface area contributed by atoms with Gasteiger partial charge >= 0.3 is 0 Å². The van der Waals surface area contributed by atoms with Gasteiger partial charge in [0, 0.05) is 24.4 Å². The largest absolute Gasteiger partial charge is 0.355 e. The molecule has 0 atom stereocenters. The summed E-state index contributed by atoms with van der Waals surface area (Å²) in [6.45, 7) is 1.82. The molecule has 0 bridgehead atoms. The molecule has 2 amide bonds. The maximum absolute atomic E-state index is 12.3. The van der Waals surface area contributed by atoms with E-state index in [1.165, 1.54) is 19.2 Å². The van der Waals surface area contributed by atoms with Crippen molar-refractivity contribution in [1.29, 1.82) is 0 Å². The van der Waals surface area contributed by atoms with E-state index in [1.807, 2.05) is 19.1 Å². The Morgan fingerprint density at radius 3 is 2.39 bits per heavy atom. The molecule has 0 saturated carbocycles. The zero-order chi connectivity index (χ0) is 17.0. The fraction of sp³-hybridized carbons (Fsp3) is 0.125. The Kier molecular flexibility index (Phi) is 4.70. The Balaban J connectivity index is 2.38. The number of hydrogen-bond acceptors (Lipinski definition) is 4. The van der Waals surface area contributed by atoms with Crippen LogP contribution in [0.15, 0.2) is 42.5 Å². The third-order valence-electron chi connectivity index (χ3n) is 3.32. The van der Waals surface area contributed by atoms with Gasteiger partial charge in [0.2, 0.25) is 0 Å². The van der Waals surface area contributed by atoms with Gasteiger partial charge in [0.1, 0.15) is 5.56 Å². The van der Waals surface area contributed by atoms with Gasteiger partial charge in [0.25, 0.3) is 17.5 Å². The predicted molar refractivity (Wildman–Crippen MR) is 85.6 cm³/mol. The highest BCUT2D eigenvalue weighted by Crippen LogP contribution is 2.23. The number of benzene rings is 2. The number of para-hydroxylation sites is 1. The molecule has 2 aromatic rings. The van der Waals surface area contributed by atoms with Crippen molar-refractivity contribution < 1.29 is 14.5 Å². The number of nitro benzene ring substituents is 1. The number of hydrogen-bond donors (Lipinski definition) is 2. The fourth-order valence-corrected chi connectivity index (χ4v) is 2.06. The van der Waals surface area contributed by atoms with E-state index in [1.54, 1.807) is 12.1 Å². The van der Waals surface area contributed by atoms with Crippen molar-refractivity contribution in [2.24, 2.45) is 0 Å². The first-order valence-electron chi connectivity index (χ1n) is 6.81. The van der Waals surface area contributed by atoms with Crippen molar-refractivity contribution in [2.45, 2.75) is 6.92 Å². The van der Waals surface area contributed by atoms with E-state index in [0.29, 0.717) is 5.69 Å². The second-order valence-electron chi connectivity index (χ2n) is 4.84. The second kappa shape index (κ2) is 6.69. The Labute approximate surface area is 132 Å². The first-order valence-corrected chi connectivity index (χ1v) is 6.81. The first-order chi connectivity index (χ1) is 10.9. The molecule has 0 fully saturated rings. The van der Waals surface area contributed by atoms with Gasteiger partial charge in [-0.15, -0.1) is 0 Å². The molecule has 0 spiro atoms. The molecule has 0 aliphatic rings. The molecule has 23 heavy (non-hydrogen) atoms. The third-order valence-corrected chi connectivity index (χ3v) is 3.32. The number of nitrogens with zero attached hydrogens (tertiary/aromatic N) is 1. The minimum atomic E-state index is -0.681. The third kappa shape index (κ3) is 3.52. The molecule has 7 heteroatoms. The van der Waals surface area contributed by atoms with Crippen LogP contribution in [0.5, 0.6) is 0 Å². The number of nitrogens with one attached hydrogen (secondary N) is 2. The van der Waals surface area contributed by atoms with Crippen LogP contribution in [0.25, 0.3) is 0 Å². The molecule has 0 aromatic heterocycles. The Bertz CT molecular complexity index is 787. The van der Waals surface area contributed by atoms with Crippen molar-refractivity contribution in [3.8, 4) is 0 Å². The standard InChI is InChI=1S/C16H15N3O4/c1-10-5-3-4-6-13(10)18-16(21)12-8-7-11(15(20)17-2)9-14(12)19(22)23/h3-9H,1-2H3,(H,17,20)(H,18,21). The highest BCUT2D eigenvalue weighted by molar-refractivity contribution is 6.08. The number of carbonyl (C=O) groups is 2. The van der Waals surface area contributed by atoms with Gasteiger partial charge in [0.05, 0.1) is 4.92 Å². The van der Waals surface area contributed by atoms with Crippen LogP contribution in [0.4, 0.5) is 11.4 Å². The summed E-state index contributed by atoms with van der Waals surface area (Å²) in [6, 6.07) is 10.8. The summed E-state index contributed by atoms with van der Waals surface area (Å²) in [5, 5.41) is 16.2. The van der Waals surface area contributed by atoms with Gasteiger partial charge in [-0.05, 0) is 30.7 Å². The van der Waals surface area contributed by atoms with E-state index in [0.717, 1.165) is 11.6 Å². The van der Waals surface area contributed by atoms with E-state index in [4.69, 9.17) is 0 Å². The van der Waals surface area contributed by atoms with Gasteiger partial charge < -0.3 is 10.6 Å². The molecule has 0 heterocycles. The summed E-state index contributed by atoms with van der Waals surface area (Å²) < 4.78 is 0. The lowest BCUT2D eigenvalue weighted by Crippen LogP contribution is -2.19. The van der Waals surface area contributed by atoms with Crippen molar-refractivity contribution in [3.05, 3.63) is 69.3 Å². The lowest BCUT2D eigenvalue weighted by atomic mass is 10.1. The van der Waals surface area contributed by atoms with Crippen LogP contribution in [0.2, 0.25) is 0 Å². The highest BCUT2D eigenvalue weighted by atomic mass is 16.6. The normalized spacial score (nSPS) is 10.0. The molecule has 0 saturated heterocycles. The summed E-state index contributed by atoms with van der Waals surface area (Å²) in [4.78, 5) is 34.4. The molecule has 7 nitrogen and oxygen atoms in total. The highest BCUT2D eigenvalue weighted by Gasteiger charge is 2.22. The number of rotatable bonds is 4. The van der Waals surface area contributed by atoms with Crippen molar-refractivity contribution in [2.75, 3.05) is 12.4 Å². The lowest BCUT2D eigenvalue weighted by Gasteiger charge is -2.09. The zero-order valence-electron chi connectivity index (χ0n) is 12.6. The lowest BCUT2D eigenvalue weighted by molar-refractivity contribution is -0.385. The maximum atomic E-state index is 12.3. The van der Waals surface area contributed by atoms with Crippen molar-refractivity contribution in [1.82, 2.24) is 5.32 Å². The van der Waals surface area contributed by atoms with Gasteiger partial charge in [0.15, 0.2) is 0 Å². The molecule has 118 valence electrons. The average Bonchev–Trinajstić information content (AvgIpc) is 2.55. The SMILES string of the molecule is CNC(=O)c1ccc(C(=O)Nc2ccccc2C)c([N+](=O)[O-])c1. The first kappa shape index (κ1) is 16.2. The molecule has 0 aliphatic carbocycles. The monoisotopic (exact) mass is 313 g/mol. The summed E-state index contributed by atoms with van der Waals surface area (Å²) >= 11 is 0. The van der Waals surface area contributed by atoms with Crippen LogP contribution in [0.1, 0.15) is 26.3 Å². The van der Waals surface area contributed by atoms with Gasteiger partial charge in [-0.25, -0.2) is 0 Å². The van der Waals surface area contributed by atoms with Crippen LogP contribution in [-0.2, 0) is 0 Å². The molecule has 0 radical (unpaired) electrons. The predicted octanol–water partition coefficient (Wildman–Crippen LogP) is 2.52. The number of amides is 2. The molecule has 0 aliphatic heterocycles. The van der Waals surface area contributed by atoms with Crippen LogP contribution < -0.4 is 10.6 Å². The smallest absolute Gasteiger partial charge is 0.282 e. The minimum absolute atomic E-state index is 0.106. The maximum Gasteiger partial charge on any atom is 0.282 e. The minimum Gasteiger partial charge on any atom is -0.355 e. The fourth-order valence-electron chi connectivity index (χ4n) is 2.06. The van der Waals surface area contributed by atoms with E-state index in [2.05, 4.69) is 10.6 Å². The van der Waals surface area contributed by atoms with Crippen LogP contribution in [-0.4, -0.2) is 23.8 Å². The van der Waals surface area contributed by atoms with Crippen LogP contribution in [0, 0.1) is 17.0 Å². The molecule has 2 aromatic carbocycles. The van der Waals surface area contributed by atoms with E-state index in [9.17, 15) is 19.7 Å². The number of anilines is 1. The van der Waals surface area contributed by atoms with E-state index >= 15 is 0 Å². The summed E-state index contributed by atoms with van der Waals surface area (Å²) in [5.41, 5.74) is 1.00. The molecule has 2 rings (SSSR count). The van der Waals surface area contributed by atoms with Gasteiger partial charge in [-0.1, -0.05) is 18.2 Å². The Morgan fingerprint density at radius 1 is 1.09 bits per heavy atom. The second-order valence-corrected chi connectivity index (χ2v) is 4.84. The van der Waals surface area contributed by atoms with Crippen LogP contribution >= 0.6 is 0 Å². The van der Waals surface area contributed by atoms with Gasteiger partial charge in [-0.2, -0.15) is 0 Å². The Morgan fingerprint density at radius 2 is 1.78 bits per heavy atom. The summed E-state index contributed by atoms with van der Waals surface area (Å²) in [5.74, 6) is -1.06. The number of nitro groups is 1. The van der Waals surface area contributed by atoms with Gasteiger partial charge in [-0.3, -0.25) is 19.7 Å². The van der Waals surface area contributed by atoms with Crippen LogP contribution in [0.3, 0.4) is 0 Å². The summed E-state index contributed by atoms with van der Waals surface area (Å²) in [6.07, 6.45) is 0. The molecular formula is C16H15N3O4. The molecule has 2 N–H and O–H groups in total. The molecular weight excluding hydrogens is 298 g/mol. The zero-order valence-corrected chi connectivity index (χ0v) is 12.6. The average molecular weight is 313 g/mol. The number of carbonyl (C=O) groups excluding carboxylic acids is 2. The molecule has 0 unspecified atom stereocenters. The quantitative estimate of drug-likeness (QED) is 0.669. The number of aryl methyl sites for hydroxylation is 1. The van der Waals surface area contributed by atoms with Crippen molar-refractivity contribution in [3.63, 3.8) is 0 Å².